The first-order valence-corrected chi connectivity index (χ1v) is 7.58. The second-order valence-electron chi connectivity index (χ2n) is 5.99. The number of hydrogen-bond donors (Lipinski definition) is 0. The van der Waals surface area contributed by atoms with Crippen LogP contribution in [0.15, 0.2) is 18.2 Å². The molecular formula is C17H24O6. The van der Waals surface area contributed by atoms with Crippen molar-refractivity contribution < 1.29 is 28.5 Å². The van der Waals surface area contributed by atoms with Crippen LogP contribution in [0.4, 0.5) is 9.59 Å². The molecule has 6 nitrogen and oxygen atoms in total. The minimum atomic E-state index is -0.790. The largest absolute Gasteiger partial charge is 0.513 e. The second kappa shape index (κ2) is 9.02. The van der Waals surface area contributed by atoms with Crippen molar-refractivity contribution in [1.29, 1.82) is 0 Å². The summed E-state index contributed by atoms with van der Waals surface area (Å²) < 4.78 is 20.2. The standard InChI is InChI=1S/C17H24O6/c1-11(2)9-20-16(18)22-14-7-6-8-15(13(14)5)23-17(19)21-10-12(3)4/h6-8,11-12H,9-10H2,1-5H3. The van der Waals surface area contributed by atoms with Crippen molar-refractivity contribution in [3.8, 4) is 11.5 Å². The van der Waals surface area contributed by atoms with Crippen LogP contribution in [0.3, 0.4) is 0 Å². The van der Waals surface area contributed by atoms with Crippen molar-refractivity contribution in [3.63, 3.8) is 0 Å². The van der Waals surface area contributed by atoms with Gasteiger partial charge in [0.2, 0.25) is 0 Å². The molecule has 6 heteroatoms. The van der Waals surface area contributed by atoms with E-state index in [1.165, 1.54) is 0 Å². The van der Waals surface area contributed by atoms with Gasteiger partial charge < -0.3 is 18.9 Å². The van der Waals surface area contributed by atoms with Crippen LogP contribution in [-0.4, -0.2) is 25.5 Å². The molecule has 0 aromatic heterocycles. The zero-order chi connectivity index (χ0) is 17.4. The van der Waals surface area contributed by atoms with E-state index in [1.54, 1.807) is 25.1 Å². The monoisotopic (exact) mass is 324 g/mol. The van der Waals surface area contributed by atoms with Gasteiger partial charge in [-0.25, -0.2) is 9.59 Å². The molecule has 0 radical (unpaired) electrons. The first-order chi connectivity index (χ1) is 10.8. The third kappa shape index (κ3) is 7.04. The lowest BCUT2D eigenvalue weighted by molar-refractivity contribution is 0.0867. The summed E-state index contributed by atoms with van der Waals surface area (Å²) in [6.45, 7) is 9.93. The summed E-state index contributed by atoms with van der Waals surface area (Å²) in [4.78, 5) is 23.2. The molecule has 0 spiro atoms. The van der Waals surface area contributed by atoms with Gasteiger partial charge >= 0.3 is 12.3 Å². The Morgan fingerprint density at radius 2 is 1.26 bits per heavy atom. The number of carbonyl (C=O) groups is 2. The van der Waals surface area contributed by atoms with Gasteiger partial charge in [-0.1, -0.05) is 33.8 Å². The SMILES string of the molecule is Cc1c(OC(=O)OCC(C)C)cccc1OC(=O)OCC(C)C. The average Bonchev–Trinajstić information content (AvgIpc) is 2.47. The highest BCUT2D eigenvalue weighted by molar-refractivity contribution is 5.67. The third-order valence-electron chi connectivity index (χ3n) is 2.69. The van der Waals surface area contributed by atoms with Crippen LogP contribution in [0.1, 0.15) is 33.3 Å². The van der Waals surface area contributed by atoms with Gasteiger partial charge in [-0.15, -0.1) is 0 Å². The molecule has 1 rings (SSSR count). The number of hydrogen-bond acceptors (Lipinski definition) is 6. The fourth-order valence-corrected chi connectivity index (χ4v) is 1.52. The molecule has 0 aliphatic heterocycles. The highest BCUT2D eigenvalue weighted by Crippen LogP contribution is 2.28. The molecule has 0 saturated carbocycles. The van der Waals surface area contributed by atoms with Crippen molar-refractivity contribution in [1.82, 2.24) is 0 Å². The highest BCUT2D eigenvalue weighted by atomic mass is 16.7. The van der Waals surface area contributed by atoms with E-state index in [2.05, 4.69) is 0 Å². The lowest BCUT2D eigenvalue weighted by Gasteiger charge is -2.13. The van der Waals surface area contributed by atoms with Gasteiger partial charge in [-0.2, -0.15) is 0 Å². The summed E-state index contributed by atoms with van der Waals surface area (Å²) >= 11 is 0. The molecule has 0 saturated heterocycles. The van der Waals surface area contributed by atoms with E-state index in [4.69, 9.17) is 18.9 Å². The molecule has 0 N–H and O–H groups in total. The van der Waals surface area contributed by atoms with Gasteiger partial charge in [-0.05, 0) is 30.9 Å². The lowest BCUT2D eigenvalue weighted by Crippen LogP contribution is -2.16. The Balaban J connectivity index is 2.67. The van der Waals surface area contributed by atoms with Gasteiger partial charge in [0.1, 0.15) is 11.5 Å². The predicted octanol–water partition coefficient (Wildman–Crippen LogP) is 4.34. The van der Waals surface area contributed by atoms with Crippen LogP contribution in [0.2, 0.25) is 0 Å². The van der Waals surface area contributed by atoms with Crippen LogP contribution < -0.4 is 9.47 Å². The van der Waals surface area contributed by atoms with Crippen molar-refractivity contribution in [2.75, 3.05) is 13.2 Å². The van der Waals surface area contributed by atoms with E-state index in [0.717, 1.165) is 0 Å². The summed E-state index contributed by atoms with van der Waals surface area (Å²) in [5.41, 5.74) is 0.510. The van der Waals surface area contributed by atoms with Gasteiger partial charge in [-0.3, -0.25) is 0 Å². The van der Waals surface area contributed by atoms with Crippen LogP contribution >= 0.6 is 0 Å². The van der Waals surface area contributed by atoms with Crippen molar-refractivity contribution in [3.05, 3.63) is 23.8 Å². The fraction of sp³-hybridized carbons (Fsp3) is 0.529. The Morgan fingerprint density at radius 1 is 0.870 bits per heavy atom. The van der Waals surface area contributed by atoms with Gasteiger partial charge in [0.25, 0.3) is 0 Å². The first kappa shape index (κ1) is 18.8. The van der Waals surface area contributed by atoms with Crippen LogP contribution in [0, 0.1) is 18.8 Å². The minimum absolute atomic E-state index is 0.217. The molecule has 0 aliphatic carbocycles. The summed E-state index contributed by atoms with van der Waals surface area (Å²) in [6.07, 6.45) is -1.58. The molecule has 0 unspecified atom stereocenters. The van der Waals surface area contributed by atoms with Gasteiger partial charge in [0.15, 0.2) is 0 Å². The van der Waals surface area contributed by atoms with Crippen molar-refractivity contribution in [2.24, 2.45) is 11.8 Å². The fourth-order valence-electron chi connectivity index (χ4n) is 1.52. The van der Waals surface area contributed by atoms with Crippen LogP contribution in [-0.2, 0) is 9.47 Å². The Hall–Kier alpha value is -2.24. The summed E-state index contributed by atoms with van der Waals surface area (Å²) in [5, 5.41) is 0. The van der Waals surface area contributed by atoms with E-state index < -0.39 is 12.3 Å². The topological polar surface area (TPSA) is 71.1 Å². The van der Waals surface area contributed by atoms with Crippen LogP contribution in [0.25, 0.3) is 0 Å². The van der Waals surface area contributed by atoms with Gasteiger partial charge in [0.05, 0.1) is 13.2 Å². The maximum absolute atomic E-state index is 11.6. The normalized spacial score (nSPS) is 10.6. The van der Waals surface area contributed by atoms with Crippen molar-refractivity contribution >= 4 is 12.3 Å². The number of carbonyl (C=O) groups excluding carboxylic acids is 2. The van der Waals surface area contributed by atoms with Gasteiger partial charge in [0, 0.05) is 5.56 Å². The molecule has 0 aliphatic rings. The number of benzene rings is 1. The number of rotatable bonds is 6. The molecule has 0 atom stereocenters. The maximum atomic E-state index is 11.6. The Morgan fingerprint density at radius 3 is 1.61 bits per heavy atom. The van der Waals surface area contributed by atoms with Crippen molar-refractivity contribution in [2.45, 2.75) is 34.6 Å². The number of ether oxygens (including phenoxy) is 4. The quantitative estimate of drug-likeness (QED) is 0.572. The molecule has 0 amide bonds. The average molecular weight is 324 g/mol. The van der Waals surface area contributed by atoms with Crippen LogP contribution in [0.5, 0.6) is 11.5 Å². The van der Waals surface area contributed by atoms with E-state index >= 15 is 0 Å². The first-order valence-electron chi connectivity index (χ1n) is 7.58. The summed E-state index contributed by atoms with van der Waals surface area (Å²) in [5.74, 6) is 0.976. The molecule has 1 aromatic carbocycles. The van der Waals surface area contributed by atoms with E-state index in [9.17, 15) is 9.59 Å². The molecule has 1 aromatic rings. The zero-order valence-electron chi connectivity index (χ0n) is 14.3. The Kier molecular flexibility index (Phi) is 7.38. The lowest BCUT2D eigenvalue weighted by atomic mass is 10.2. The Labute approximate surface area is 136 Å². The summed E-state index contributed by atoms with van der Waals surface area (Å²) in [6, 6.07) is 4.81. The molecular weight excluding hydrogens is 300 g/mol. The van der Waals surface area contributed by atoms with E-state index in [-0.39, 0.29) is 36.5 Å². The zero-order valence-corrected chi connectivity index (χ0v) is 14.3. The van der Waals surface area contributed by atoms with E-state index in [1.807, 2.05) is 27.7 Å². The molecule has 128 valence electrons. The molecule has 23 heavy (non-hydrogen) atoms. The molecule has 0 heterocycles. The predicted molar refractivity (Wildman–Crippen MR) is 84.8 cm³/mol. The third-order valence-corrected chi connectivity index (χ3v) is 2.69. The summed E-state index contributed by atoms with van der Waals surface area (Å²) in [7, 11) is 0. The molecule has 0 fully saturated rings. The second-order valence-corrected chi connectivity index (χ2v) is 5.99. The van der Waals surface area contributed by atoms with E-state index in [0.29, 0.717) is 5.56 Å². The molecule has 0 bridgehead atoms. The highest BCUT2D eigenvalue weighted by Gasteiger charge is 2.15. The minimum Gasteiger partial charge on any atom is -0.434 e. The maximum Gasteiger partial charge on any atom is 0.513 e. The Bertz CT molecular complexity index is 492. The smallest absolute Gasteiger partial charge is 0.434 e.